The molecule has 7 nitrogen and oxygen atoms in total. The highest BCUT2D eigenvalue weighted by atomic mass is 19.4. The van der Waals surface area contributed by atoms with Gasteiger partial charge in [-0.15, -0.1) is 0 Å². The monoisotopic (exact) mass is 549 g/mol. The van der Waals surface area contributed by atoms with Crippen molar-refractivity contribution in [3.8, 4) is 5.75 Å². The van der Waals surface area contributed by atoms with Crippen LogP contribution in [0.4, 0.5) is 13.2 Å². The Morgan fingerprint density at radius 1 is 1.23 bits per heavy atom. The molecule has 3 rings (SSSR count). The van der Waals surface area contributed by atoms with Crippen molar-refractivity contribution in [2.24, 2.45) is 5.92 Å². The standard InChI is InChI=1S/C29H34F3NO6/c1-5-8-21-24(13-11-20-23(29(30,31)32)16-26(36)39-27(20)21)38-14-7-6-9-25(35)33-28(3,17-34)22-12-10-19(37-4)15-18(22)2/h10-13,16-18H,5-9,14-15H2,1-4H3,(H,33,35). The smallest absolute Gasteiger partial charge is 0.417 e. The van der Waals surface area contributed by atoms with Crippen LogP contribution in [0.3, 0.4) is 0 Å². The molecule has 10 heteroatoms. The molecule has 1 heterocycles. The van der Waals surface area contributed by atoms with Crippen LogP contribution in [0.5, 0.6) is 5.75 Å². The zero-order valence-electron chi connectivity index (χ0n) is 22.6. The van der Waals surface area contributed by atoms with Crippen LogP contribution < -0.4 is 15.7 Å². The van der Waals surface area contributed by atoms with E-state index in [9.17, 15) is 27.6 Å². The van der Waals surface area contributed by atoms with Crippen molar-refractivity contribution in [2.45, 2.75) is 71.0 Å². The van der Waals surface area contributed by atoms with E-state index in [1.807, 2.05) is 19.9 Å². The highest BCUT2D eigenvalue weighted by Crippen LogP contribution is 2.37. The van der Waals surface area contributed by atoms with Gasteiger partial charge < -0.3 is 24.0 Å². The fourth-order valence-corrected chi connectivity index (χ4v) is 4.88. The number of aldehydes is 1. The number of alkyl halides is 3. The van der Waals surface area contributed by atoms with Gasteiger partial charge in [-0.25, -0.2) is 4.79 Å². The van der Waals surface area contributed by atoms with E-state index in [-0.39, 0.29) is 35.8 Å². The van der Waals surface area contributed by atoms with Crippen LogP contribution in [0.1, 0.15) is 64.0 Å². The molecule has 1 N–H and O–H groups in total. The molecular weight excluding hydrogens is 515 g/mol. The van der Waals surface area contributed by atoms with E-state index >= 15 is 0 Å². The summed E-state index contributed by atoms with van der Waals surface area (Å²) in [6.45, 7) is 5.71. The maximum Gasteiger partial charge on any atom is 0.417 e. The van der Waals surface area contributed by atoms with Gasteiger partial charge in [-0.3, -0.25) is 4.79 Å². The first kappa shape index (κ1) is 30.0. The number of fused-ring (bicyclic) bond motifs is 1. The van der Waals surface area contributed by atoms with Gasteiger partial charge in [0.05, 0.1) is 25.0 Å². The number of carbonyl (C=O) groups is 2. The molecule has 0 saturated carbocycles. The van der Waals surface area contributed by atoms with Crippen LogP contribution in [0.15, 0.2) is 50.9 Å². The van der Waals surface area contributed by atoms with Gasteiger partial charge in [0.2, 0.25) is 5.91 Å². The summed E-state index contributed by atoms with van der Waals surface area (Å²) in [5.41, 5.74) is -2.18. The van der Waals surface area contributed by atoms with E-state index in [4.69, 9.17) is 13.9 Å². The van der Waals surface area contributed by atoms with E-state index in [0.29, 0.717) is 49.5 Å². The number of hydrogen-bond donors (Lipinski definition) is 1. The first-order valence-electron chi connectivity index (χ1n) is 13.0. The van der Waals surface area contributed by atoms with Crippen LogP contribution in [-0.4, -0.2) is 31.4 Å². The molecule has 2 unspecified atom stereocenters. The lowest BCUT2D eigenvalue weighted by Gasteiger charge is -2.33. The second-order valence-electron chi connectivity index (χ2n) is 9.88. The molecular formula is C29H34F3NO6. The van der Waals surface area contributed by atoms with Gasteiger partial charge in [0.15, 0.2) is 0 Å². The van der Waals surface area contributed by atoms with Gasteiger partial charge >= 0.3 is 11.8 Å². The molecule has 39 heavy (non-hydrogen) atoms. The molecule has 0 spiro atoms. The summed E-state index contributed by atoms with van der Waals surface area (Å²) in [6, 6.07) is 3.15. The molecule has 1 aromatic heterocycles. The number of halogens is 3. The summed E-state index contributed by atoms with van der Waals surface area (Å²) < 4.78 is 56.7. The van der Waals surface area contributed by atoms with Crippen LogP contribution in [-0.2, 0) is 26.9 Å². The molecule has 1 aliphatic carbocycles. The number of unbranched alkanes of at least 4 members (excludes halogenated alkanes) is 1. The zero-order valence-corrected chi connectivity index (χ0v) is 22.6. The number of nitrogens with one attached hydrogen (secondary N) is 1. The summed E-state index contributed by atoms with van der Waals surface area (Å²) in [4.78, 5) is 36.5. The van der Waals surface area contributed by atoms with Crippen LogP contribution >= 0.6 is 0 Å². The molecule has 1 aliphatic rings. The van der Waals surface area contributed by atoms with Crippen LogP contribution in [0, 0.1) is 5.92 Å². The molecule has 0 bridgehead atoms. The Morgan fingerprint density at radius 2 is 1.97 bits per heavy atom. The average molecular weight is 550 g/mol. The van der Waals surface area contributed by atoms with E-state index in [1.165, 1.54) is 12.1 Å². The third-order valence-corrected chi connectivity index (χ3v) is 6.82. The number of amides is 1. The topological polar surface area (TPSA) is 94.8 Å². The van der Waals surface area contributed by atoms with Crippen molar-refractivity contribution in [1.82, 2.24) is 5.32 Å². The number of allylic oxidation sites excluding steroid dienone is 3. The SMILES string of the molecule is CCCc1c(OCCCCC(=O)NC(C)(C=O)C2=CC=C(OC)CC2C)ccc2c(C(F)(F)F)cc(=O)oc12. The molecule has 0 saturated heterocycles. The molecule has 1 amide bonds. The largest absolute Gasteiger partial charge is 0.501 e. The molecule has 212 valence electrons. The van der Waals surface area contributed by atoms with Crippen molar-refractivity contribution in [3.63, 3.8) is 0 Å². The summed E-state index contributed by atoms with van der Waals surface area (Å²) in [5.74, 6) is 0.886. The average Bonchev–Trinajstić information content (AvgIpc) is 2.88. The van der Waals surface area contributed by atoms with Crippen molar-refractivity contribution < 1.29 is 36.7 Å². The zero-order chi connectivity index (χ0) is 28.8. The lowest BCUT2D eigenvalue weighted by atomic mass is 9.79. The molecule has 1 aromatic carbocycles. The predicted molar refractivity (Wildman–Crippen MR) is 140 cm³/mol. The lowest BCUT2D eigenvalue weighted by Crippen LogP contribution is -2.50. The minimum atomic E-state index is -4.70. The minimum Gasteiger partial charge on any atom is -0.501 e. The Hall–Kier alpha value is -3.56. The Labute approximate surface area is 225 Å². The quantitative estimate of drug-likeness (QED) is 0.202. The minimum absolute atomic E-state index is 0.0183. The second kappa shape index (κ2) is 12.5. The highest BCUT2D eigenvalue weighted by molar-refractivity contribution is 5.86. The first-order valence-corrected chi connectivity index (χ1v) is 13.0. The van der Waals surface area contributed by atoms with E-state index in [1.54, 1.807) is 20.1 Å². The summed E-state index contributed by atoms with van der Waals surface area (Å²) in [5, 5.41) is 2.64. The van der Waals surface area contributed by atoms with Crippen molar-refractivity contribution >= 4 is 23.2 Å². The van der Waals surface area contributed by atoms with Crippen molar-refractivity contribution in [1.29, 1.82) is 0 Å². The normalized spacial score (nSPS) is 17.2. The fraction of sp³-hybridized carbons (Fsp3) is 0.483. The van der Waals surface area contributed by atoms with Gasteiger partial charge in [-0.2, -0.15) is 13.2 Å². The summed E-state index contributed by atoms with van der Waals surface area (Å²) >= 11 is 0. The van der Waals surface area contributed by atoms with Crippen LogP contribution in [0.2, 0.25) is 0 Å². The third-order valence-electron chi connectivity index (χ3n) is 6.82. The van der Waals surface area contributed by atoms with Crippen LogP contribution in [0.25, 0.3) is 11.0 Å². The number of hydrogen-bond acceptors (Lipinski definition) is 6. The predicted octanol–water partition coefficient (Wildman–Crippen LogP) is 5.88. The van der Waals surface area contributed by atoms with E-state index < -0.39 is 22.9 Å². The molecule has 2 aromatic rings. The fourth-order valence-electron chi connectivity index (χ4n) is 4.88. The van der Waals surface area contributed by atoms with Gasteiger partial charge in [0, 0.05) is 29.9 Å². The van der Waals surface area contributed by atoms with Gasteiger partial charge in [-0.05, 0) is 55.9 Å². The Morgan fingerprint density at radius 3 is 2.59 bits per heavy atom. The molecule has 0 fully saturated rings. The van der Waals surface area contributed by atoms with Gasteiger partial charge in [0.25, 0.3) is 0 Å². The number of benzene rings is 1. The maximum atomic E-state index is 13.5. The summed E-state index contributed by atoms with van der Waals surface area (Å²) in [6.07, 6.45) is 2.36. The molecule has 0 radical (unpaired) electrons. The molecule has 0 aliphatic heterocycles. The second-order valence-corrected chi connectivity index (χ2v) is 9.88. The number of aryl methyl sites for hydroxylation is 1. The number of carbonyl (C=O) groups excluding carboxylic acids is 2. The van der Waals surface area contributed by atoms with Gasteiger partial charge in [-0.1, -0.05) is 26.3 Å². The van der Waals surface area contributed by atoms with Crippen molar-refractivity contribution in [2.75, 3.05) is 13.7 Å². The Balaban J connectivity index is 1.63. The third kappa shape index (κ3) is 7.10. The number of rotatable bonds is 12. The Bertz CT molecular complexity index is 1330. The summed E-state index contributed by atoms with van der Waals surface area (Å²) in [7, 11) is 1.59. The van der Waals surface area contributed by atoms with Crippen molar-refractivity contribution in [3.05, 3.63) is 63.2 Å². The van der Waals surface area contributed by atoms with Gasteiger partial charge in [0.1, 0.15) is 23.2 Å². The number of ether oxygens (including phenoxy) is 2. The Kier molecular flexibility index (Phi) is 9.63. The van der Waals surface area contributed by atoms with E-state index in [0.717, 1.165) is 17.6 Å². The first-order chi connectivity index (χ1) is 18.4. The highest BCUT2D eigenvalue weighted by Gasteiger charge is 2.35. The number of methoxy groups -OCH3 is 1. The lowest BCUT2D eigenvalue weighted by molar-refractivity contribution is -0.136. The van der Waals surface area contributed by atoms with E-state index in [2.05, 4.69) is 5.32 Å². The molecule has 2 atom stereocenters. The maximum absolute atomic E-state index is 13.5.